The molecule has 1 heteroatoms. The molecule has 0 heterocycles. The summed E-state index contributed by atoms with van der Waals surface area (Å²) in [4.78, 5) is 0. The van der Waals surface area contributed by atoms with E-state index in [-0.39, 0.29) is 0 Å². The predicted molar refractivity (Wildman–Crippen MR) is 66.6 cm³/mol. The second kappa shape index (κ2) is 13.2. The molecular weight excluding hydrogens is 182 g/mol. The van der Waals surface area contributed by atoms with E-state index in [0.29, 0.717) is 0 Å². The fourth-order valence-corrected chi connectivity index (χ4v) is 1.57. The van der Waals surface area contributed by atoms with Crippen molar-refractivity contribution in [3.8, 4) is 6.07 Å². The molecule has 0 radical (unpaired) electrons. The van der Waals surface area contributed by atoms with Gasteiger partial charge in [0.15, 0.2) is 0 Å². The molecule has 0 atom stereocenters. The largest absolute Gasteiger partial charge is 0.198 e. The van der Waals surface area contributed by atoms with Gasteiger partial charge in [-0.05, 0) is 32.1 Å². The van der Waals surface area contributed by atoms with Crippen LogP contribution < -0.4 is 0 Å². The number of nitrogens with zero attached hydrogens (tertiary/aromatic N) is 1. The van der Waals surface area contributed by atoms with Crippen molar-refractivity contribution in [1.82, 2.24) is 0 Å². The molecule has 0 aliphatic carbocycles. The lowest BCUT2D eigenvalue weighted by Gasteiger charge is -1.95. The molecule has 0 amide bonds. The van der Waals surface area contributed by atoms with Crippen LogP contribution >= 0.6 is 0 Å². The Labute approximate surface area is 95.2 Å². The Morgan fingerprint density at radius 2 is 1.47 bits per heavy atom. The molecule has 0 aromatic carbocycles. The topological polar surface area (TPSA) is 23.8 Å². The summed E-state index contributed by atoms with van der Waals surface area (Å²) in [5.74, 6) is 0. The summed E-state index contributed by atoms with van der Waals surface area (Å²) in [7, 11) is 0. The van der Waals surface area contributed by atoms with Crippen LogP contribution in [-0.4, -0.2) is 0 Å². The van der Waals surface area contributed by atoms with Gasteiger partial charge >= 0.3 is 0 Å². The second-order valence-electron chi connectivity index (χ2n) is 4.08. The van der Waals surface area contributed by atoms with Crippen molar-refractivity contribution in [3.63, 3.8) is 0 Å². The van der Waals surface area contributed by atoms with Gasteiger partial charge in [-0.2, -0.15) is 5.26 Å². The number of nitriles is 1. The molecule has 86 valence electrons. The summed E-state index contributed by atoms with van der Waals surface area (Å²) in [5, 5.41) is 8.35. The normalized spacial score (nSPS) is 10.7. The molecule has 0 saturated heterocycles. The molecule has 0 spiro atoms. The van der Waals surface area contributed by atoms with E-state index in [4.69, 9.17) is 5.26 Å². The van der Waals surface area contributed by atoms with Crippen LogP contribution in [0.2, 0.25) is 0 Å². The molecule has 0 aliphatic rings. The Bertz CT molecular complexity index is 176. The third kappa shape index (κ3) is 13.2. The molecule has 0 aliphatic heterocycles. The first-order valence-electron chi connectivity index (χ1n) is 6.43. The highest BCUT2D eigenvalue weighted by Gasteiger charge is 1.87. The smallest absolute Gasteiger partial charge is 0.0621 e. The Hall–Kier alpha value is -0.770. The first-order chi connectivity index (χ1) is 7.41. The van der Waals surface area contributed by atoms with Crippen LogP contribution in [0.15, 0.2) is 12.2 Å². The number of rotatable bonds is 10. The Balaban J connectivity index is 3.01. The monoisotopic (exact) mass is 207 g/mol. The van der Waals surface area contributed by atoms with E-state index in [1.54, 1.807) is 0 Å². The van der Waals surface area contributed by atoms with E-state index in [9.17, 15) is 0 Å². The quantitative estimate of drug-likeness (QED) is 0.366. The zero-order chi connectivity index (χ0) is 11.2. The first-order valence-corrected chi connectivity index (χ1v) is 6.43. The van der Waals surface area contributed by atoms with Gasteiger partial charge in [-0.15, -0.1) is 0 Å². The van der Waals surface area contributed by atoms with E-state index in [2.05, 4.69) is 25.1 Å². The summed E-state index contributed by atoms with van der Waals surface area (Å²) in [6, 6.07) is 2.18. The lowest BCUT2D eigenvalue weighted by molar-refractivity contribution is 0.671. The molecule has 0 saturated carbocycles. The van der Waals surface area contributed by atoms with Gasteiger partial charge in [0.2, 0.25) is 0 Å². The summed E-state index contributed by atoms with van der Waals surface area (Å²) in [6.07, 6.45) is 16.7. The van der Waals surface area contributed by atoms with Crippen molar-refractivity contribution in [1.29, 1.82) is 5.26 Å². The zero-order valence-corrected chi connectivity index (χ0v) is 10.2. The molecular formula is C14H25N. The molecule has 0 bridgehead atoms. The molecule has 0 rings (SSSR count). The van der Waals surface area contributed by atoms with E-state index in [1.807, 2.05) is 0 Å². The Morgan fingerprint density at radius 3 is 2.00 bits per heavy atom. The summed E-state index contributed by atoms with van der Waals surface area (Å²) >= 11 is 0. The Kier molecular flexibility index (Phi) is 12.6. The van der Waals surface area contributed by atoms with Gasteiger partial charge in [-0.25, -0.2) is 0 Å². The third-order valence-corrected chi connectivity index (χ3v) is 2.55. The molecule has 1 nitrogen and oxygen atoms in total. The van der Waals surface area contributed by atoms with Crippen molar-refractivity contribution in [3.05, 3.63) is 12.2 Å². The average molecular weight is 207 g/mol. The van der Waals surface area contributed by atoms with E-state index < -0.39 is 0 Å². The van der Waals surface area contributed by atoms with Crippen LogP contribution in [0, 0.1) is 11.3 Å². The number of hydrogen-bond donors (Lipinski definition) is 0. The van der Waals surface area contributed by atoms with E-state index in [1.165, 1.54) is 51.4 Å². The molecule has 0 unspecified atom stereocenters. The van der Waals surface area contributed by atoms with Crippen LogP contribution in [0.3, 0.4) is 0 Å². The lowest BCUT2D eigenvalue weighted by atomic mass is 10.1. The first kappa shape index (κ1) is 14.2. The minimum atomic E-state index is 0.723. The van der Waals surface area contributed by atoms with Gasteiger partial charge in [0.05, 0.1) is 6.07 Å². The summed E-state index contributed by atoms with van der Waals surface area (Å²) in [5.41, 5.74) is 0. The van der Waals surface area contributed by atoms with E-state index >= 15 is 0 Å². The Morgan fingerprint density at radius 1 is 0.867 bits per heavy atom. The minimum Gasteiger partial charge on any atom is -0.198 e. The van der Waals surface area contributed by atoms with E-state index in [0.717, 1.165) is 12.8 Å². The highest BCUT2D eigenvalue weighted by atomic mass is 14.2. The fourth-order valence-electron chi connectivity index (χ4n) is 1.57. The van der Waals surface area contributed by atoms with Crippen molar-refractivity contribution in [2.24, 2.45) is 0 Å². The van der Waals surface area contributed by atoms with Gasteiger partial charge in [-0.3, -0.25) is 0 Å². The SMILES string of the molecule is CCCCCCC=CCCCCCC#N. The molecule has 0 fully saturated rings. The van der Waals surface area contributed by atoms with Crippen molar-refractivity contribution in [2.45, 2.75) is 71.1 Å². The maximum atomic E-state index is 8.35. The third-order valence-electron chi connectivity index (χ3n) is 2.55. The van der Waals surface area contributed by atoms with Crippen LogP contribution in [-0.2, 0) is 0 Å². The van der Waals surface area contributed by atoms with Gasteiger partial charge in [0.25, 0.3) is 0 Å². The predicted octanol–water partition coefficient (Wildman–Crippen LogP) is 4.99. The molecule has 0 aromatic rings. The lowest BCUT2D eigenvalue weighted by Crippen LogP contribution is -1.76. The maximum Gasteiger partial charge on any atom is 0.0621 e. The maximum absolute atomic E-state index is 8.35. The highest BCUT2D eigenvalue weighted by Crippen LogP contribution is 2.06. The fraction of sp³-hybridized carbons (Fsp3) is 0.786. The van der Waals surface area contributed by atoms with Crippen LogP contribution in [0.4, 0.5) is 0 Å². The highest BCUT2D eigenvalue weighted by molar-refractivity contribution is 4.81. The van der Waals surface area contributed by atoms with Crippen molar-refractivity contribution < 1.29 is 0 Å². The zero-order valence-electron chi connectivity index (χ0n) is 10.2. The molecule has 0 aromatic heterocycles. The van der Waals surface area contributed by atoms with Gasteiger partial charge in [0, 0.05) is 6.42 Å². The minimum absolute atomic E-state index is 0.723. The van der Waals surface area contributed by atoms with Crippen LogP contribution in [0.1, 0.15) is 71.1 Å². The van der Waals surface area contributed by atoms with Crippen LogP contribution in [0.5, 0.6) is 0 Å². The summed E-state index contributed by atoms with van der Waals surface area (Å²) in [6.45, 7) is 2.25. The number of hydrogen-bond acceptors (Lipinski definition) is 1. The number of allylic oxidation sites excluding steroid dienone is 2. The summed E-state index contributed by atoms with van der Waals surface area (Å²) < 4.78 is 0. The molecule has 0 N–H and O–H groups in total. The van der Waals surface area contributed by atoms with Gasteiger partial charge in [-0.1, -0.05) is 44.8 Å². The molecule has 15 heavy (non-hydrogen) atoms. The van der Waals surface area contributed by atoms with Gasteiger partial charge < -0.3 is 0 Å². The number of unbranched alkanes of at least 4 members (excludes halogenated alkanes) is 8. The van der Waals surface area contributed by atoms with Crippen molar-refractivity contribution in [2.75, 3.05) is 0 Å². The van der Waals surface area contributed by atoms with Gasteiger partial charge in [0.1, 0.15) is 0 Å². The van der Waals surface area contributed by atoms with Crippen molar-refractivity contribution >= 4 is 0 Å². The average Bonchev–Trinajstić information content (AvgIpc) is 2.26. The standard InChI is InChI=1S/C14H25N/c1-2-3-4-5-6-7-8-9-10-11-12-13-14-15/h7-8H,2-6,9-13H2,1H3. The second-order valence-corrected chi connectivity index (χ2v) is 4.08. The van der Waals surface area contributed by atoms with Crippen LogP contribution in [0.25, 0.3) is 0 Å².